The summed E-state index contributed by atoms with van der Waals surface area (Å²) in [7, 11) is 0. The summed E-state index contributed by atoms with van der Waals surface area (Å²) < 4.78 is 18.9. The Morgan fingerprint density at radius 1 is 1.02 bits per heavy atom. The number of carbonyl (C=O) groups excluding carboxylic acids is 1. The molecule has 2 heterocycles. The summed E-state index contributed by atoms with van der Waals surface area (Å²) >= 11 is 6.81. The van der Waals surface area contributed by atoms with Crippen molar-refractivity contribution in [1.29, 1.82) is 0 Å². The van der Waals surface area contributed by atoms with Crippen LogP contribution in [0.15, 0.2) is 48.5 Å². The minimum atomic E-state index is -0.0950. The van der Waals surface area contributed by atoms with Crippen LogP contribution >= 0.6 is 11.6 Å². The number of hydrogen-bond acceptors (Lipinski definition) is 6. The maximum absolute atomic E-state index is 11.5. The Kier molecular flexibility index (Phi) is 10.1. The fraction of sp³-hybridized carbons (Fsp3) is 0.500. The summed E-state index contributed by atoms with van der Waals surface area (Å²) in [6.45, 7) is 13.6. The van der Waals surface area contributed by atoms with E-state index in [-0.39, 0.29) is 18.1 Å². The second-order valence-corrected chi connectivity index (χ2v) is 13.9. The Morgan fingerprint density at radius 2 is 1.85 bits per heavy atom. The van der Waals surface area contributed by atoms with E-state index in [0.717, 1.165) is 55.9 Å². The van der Waals surface area contributed by atoms with E-state index in [1.165, 1.54) is 40.8 Å². The summed E-state index contributed by atoms with van der Waals surface area (Å²) in [5.41, 5.74) is 7.47. The molecule has 0 unspecified atom stereocenters. The lowest BCUT2D eigenvalue weighted by Crippen LogP contribution is -2.55. The molecule has 6 rings (SSSR count). The number of nitrogens with zero attached hydrogens (tertiary/aromatic N) is 1. The van der Waals surface area contributed by atoms with E-state index in [2.05, 4.69) is 72.7 Å². The van der Waals surface area contributed by atoms with E-state index in [9.17, 15) is 4.79 Å². The van der Waals surface area contributed by atoms with Gasteiger partial charge < -0.3 is 24.8 Å². The van der Waals surface area contributed by atoms with Crippen molar-refractivity contribution in [2.45, 2.75) is 90.4 Å². The number of fused-ring (bicyclic) bond motifs is 1. The lowest BCUT2D eigenvalue weighted by molar-refractivity contribution is -0.119. The summed E-state index contributed by atoms with van der Waals surface area (Å²) in [5, 5.41) is 7.02. The van der Waals surface area contributed by atoms with Crippen LogP contribution in [0.5, 0.6) is 17.2 Å². The maximum Gasteiger partial charge on any atom is 0.220 e. The SMILES string of the molecule is CCOc1cc(O[C@H]2CCc3c(-c4cccc(OCCCN5CCC5(C)C)c4C)cccc32)c(Cl)cc1CNC[C@@H]1CCC(=O)N1. The summed E-state index contributed by atoms with van der Waals surface area (Å²) in [5.74, 6) is 2.48. The van der Waals surface area contributed by atoms with Crippen molar-refractivity contribution >= 4 is 17.5 Å². The number of amides is 1. The van der Waals surface area contributed by atoms with Crippen molar-refractivity contribution in [3.05, 3.63) is 75.8 Å². The van der Waals surface area contributed by atoms with E-state index in [1.54, 1.807) is 0 Å². The van der Waals surface area contributed by atoms with Gasteiger partial charge in [0.1, 0.15) is 23.4 Å². The van der Waals surface area contributed by atoms with Gasteiger partial charge in [-0.2, -0.15) is 0 Å². The molecule has 2 N–H and O–H groups in total. The Morgan fingerprint density at radius 3 is 2.59 bits per heavy atom. The molecule has 2 fully saturated rings. The molecule has 0 aromatic heterocycles. The average Bonchev–Trinajstić information content (AvgIpc) is 3.65. The van der Waals surface area contributed by atoms with Crippen LogP contribution in [-0.2, 0) is 17.8 Å². The maximum atomic E-state index is 11.5. The minimum Gasteiger partial charge on any atom is -0.493 e. The predicted octanol–water partition coefficient (Wildman–Crippen LogP) is 7.40. The van der Waals surface area contributed by atoms with Gasteiger partial charge >= 0.3 is 0 Å². The van der Waals surface area contributed by atoms with E-state index in [0.29, 0.717) is 42.4 Å². The monoisotopic (exact) mass is 645 g/mol. The molecule has 0 bridgehead atoms. The van der Waals surface area contributed by atoms with Crippen molar-refractivity contribution in [2.75, 3.05) is 32.8 Å². The van der Waals surface area contributed by atoms with Crippen molar-refractivity contribution in [3.63, 3.8) is 0 Å². The zero-order valence-corrected chi connectivity index (χ0v) is 28.5. The molecule has 3 aromatic carbocycles. The minimum absolute atomic E-state index is 0.0950. The molecular formula is C38H48ClN3O4. The zero-order chi connectivity index (χ0) is 32.3. The molecule has 246 valence electrons. The highest BCUT2D eigenvalue weighted by Crippen LogP contribution is 2.44. The standard InChI is InChI=1S/C38H48ClN3O4/c1-5-44-35-22-36(32(39)21-26(35)23-40-24-27-13-16-37(43)41-27)46-34-15-14-30-29(10-6-11-31(30)34)28-9-7-12-33(25(28)2)45-20-8-18-42-19-17-38(42,3)4/h6-7,9-12,21-22,27,34,40H,5,8,13-20,23-24H2,1-4H3,(H,41,43)/t27-,34-/m0/s1. The van der Waals surface area contributed by atoms with Crippen LogP contribution in [0.3, 0.4) is 0 Å². The highest BCUT2D eigenvalue weighted by atomic mass is 35.5. The molecule has 46 heavy (non-hydrogen) atoms. The van der Waals surface area contributed by atoms with Crippen LogP contribution in [0, 0.1) is 6.92 Å². The van der Waals surface area contributed by atoms with Crippen LogP contribution in [0.1, 0.15) is 81.2 Å². The number of likely N-dealkylation sites (tertiary alicyclic amines) is 1. The largest absolute Gasteiger partial charge is 0.493 e. The van der Waals surface area contributed by atoms with Crippen LogP contribution in [0.4, 0.5) is 0 Å². The zero-order valence-electron chi connectivity index (χ0n) is 27.7. The quantitative estimate of drug-likeness (QED) is 0.178. The van der Waals surface area contributed by atoms with Gasteiger partial charge in [0.2, 0.25) is 5.91 Å². The molecule has 0 radical (unpaired) electrons. The number of hydrogen-bond donors (Lipinski definition) is 2. The highest BCUT2D eigenvalue weighted by molar-refractivity contribution is 6.32. The first-order chi connectivity index (χ1) is 22.2. The number of rotatable bonds is 14. The molecule has 2 aliphatic heterocycles. The Balaban J connectivity index is 1.13. The van der Waals surface area contributed by atoms with Gasteiger partial charge in [-0.15, -0.1) is 0 Å². The fourth-order valence-corrected chi connectivity index (χ4v) is 7.31. The molecule has 7 nitrogen and oxygen atoms in total. The third-order valence-corrected chi connectivity index (χ3v) is 10.2. The number of halogens is 1. The average molecular weight is 646 g/mol. The number of ether oxygens (including phenoxy) is 3. The van der Waals surface area contributed by atoms with Crippen LogP contribution in [0.2, 0.25) is 5.02 Å². The molecule has 8 heteroatoms. The predicted molar refractivity (Wildman–Crippen MR) is 184 cm³/mol. The van der Waals surface area contributed by atoms with E-state index in [1.807, 2.05) is 19.1 Å². The van der Waals surface area contributed by atoms with Gasteiger partial charge in [0.05, 0.1) is 18.2 Å². The van der Waals surface area contributed by atoms with Crippen LogP contribution < -0.4 is 24.8 Å². The van der Waals surface area contributed by atoms with E-state index < -0.39 is 0 Å². The van der Waals surface area contributed by atoms with E-state index >= 15 is 0 Å². The van der Waals surface area contributed by atoms with Gasteiger partial charge in [-0.05, 0) is 99.7 Å². The van der Waals surface area contributed by atoms with Gasteiger partial charge in [-0.3, -0.25) is 9.69 Å². The molecule has 2 atom stereocenters. The summed E-state index contributed by atoms with van der Waals surface area (Å²) in [4.78, 5) is 14.1. The smallest absolute Gasteiger partial charge is 0.220 e. The second-order valence-electron chi connectivity index (χ2n) is 13.5. The Hall–Kier alpha value is -3.26. The second kappa shape index (κ2) is 14.2. The van der Waals surface area contributed by atoms with Crippen molar-refractivity contribution in [1.82, 2.24) is 15.5 Å². The first-order valence-electron chi connectivity index (χ1n) is 16.9. The first-order valence-corrected chi connectivity index (χ1v) is 17.3. The van der Waals surface area contributed by atoms with Gasteiger partial charge in [0, 0.05) is 55.8 Å². The van der Waals surface area contributed by atoms with Crippen molar-refractivity contribution in [2.24, 2.45) is 0 Å². The Labute approximate surface area is 278 Å². The number of benzene rings is 3. The molecule has 1 aliphatic carbocycles. The molecule has 0 spiro atoms. The molecule has 0 saturated carbocycles. The normalized spacial score (nSPS) is 20.2. The van der Waals surface area contributed by atoms with Gasteiger partial charge in [-0.1, -0.05) is 41.9 Å². The first kappa shape index (κ1) is 32.7. The third kappa shape index (κ3) is 7.17. The lowest BCUT2D eigenvalue weighted by Gasteiger charge is -2.48. The van der Waals surface area contributed by atoms with Crippen LogP contribution in [0.25, 0.3) is 11.1 Å². The molecular weight excluding hydrogens is 598 g/mol. The molecule has 1 amide bonds. The highest BCUT2D eigenvalue weighted by Gasteiger charge is 2.35. The fourth-order valence-electron chi connectivity index (χ4n) is 7.08. The third-order valence-electron chi connectivity index (χ3n) is 9.94. The number of nitrogens with one attached hydrogen (secondary N) is 2. The Bertz CT molecular complexity index is 1560. The van der Waals surface area contributed by atoms with Gasteiger partial charge in [-0.25, -0.2) is 0 Å². The summed E-state index contributed by atoms with van der Waals surface area (Å²) in [6, 6.07) is 17.0. The van der Waals surface area contributed by atoms with Gasteiger partial charge in [0.25, 0.3) is 0 Å². The van der Waals surface area contributed by atoms with Crippen LogP contribution in [-0.4, -0.2) is 55.2 Å². The lowest BCUT2D eigenvalue weighted by atomic mass is 9.89. The van der Waals surface area contributed by atoms with Gasteiger partial charge in [0.15, 0.2) is 0 Å². The molecule has 2 saturated heterocycles. The molecule has 3 aliphatic rings. The topological polar surface area (TPSA) is 72.1 Å². The number of carbonyl (C=O) groups is 1. The molecule has 3 aromatic rings. The van der Waals surface area contributed by atoms with Crippen molar-refractivity contribution in [3.8, 4) is 28.4 Å². The van der Waals surface area contributed by atoms with Crippen molar-refractivity contribution < 1.29 is 19.0 Å². The summed E-state index contributed by atoms with van der Waals surface area (Å²) in [6.07, 6.45) is 5.47. The van der Waals surface area contributed by atoms with E-state index in [4.69, 9.17) is 25.8 Å².